The number of fused-ring (bicyclic) bond motifs is 1. The Bertz CT molecular complexity index is 1290. The molecule has 0 saturated carbocycles. The van der Waals surface area contributed by atoms with Crippen LogP contribution in [0.2, 0.25) is 0 Å². The highest BCUT2D eigenvalue weighted by atomic mass is 32.2. The molecule has 0 radical (unpaired) electrons. The van der Waals surface area contributed by atoms with Crippen LogP contribution in [-0.2, 0) is 30.7 Å². The van der Waals surface area contributed by atoms with Crippen molar-refractivity contribution >= 4 is 21.8 Å². The summed E-state index contributed by atoms with van der Waals surface area (Å²) in [6.45, 7) is 5.18. The maximum Gasteiger partial charge on any atom is 0.407 e. The van der Waals surface area contributed by atoms with Gasteiger partial charge in [-0.25, -0.2) is 13.2 Å². The quantitative estimate of drug-likeness (QED) is 0.236. The fraction of sp³-hybridized carbons (Fsp3) is 0.581. The van der Waals surface area contributed by atoms with Crippen molar-refractivity contribution in [3.05, 3.63) is 60.2 Å². The van der Waals surface area contributed by atoms with Gasteiger partial charge in [-0.2, -0.15) is 4.31 Å². The topological polar surface area (TPSA) is 152 Å². The van der Waals surface area contributed by atoms with Crippen LogP contribution in [0.25, 0.3) is 0 Å². The molecule has 11 nitrogen and oxygen atoms in total. The first-order valence-electron chi connectivity index (χ1n) is 14.9. The van der Waals surface area contributed by atoms with E-state index in [1.807, 2.05) is 44.2 Å². The molecule has 12 heteroatoms. The van der Waals surface area contributed by atoms with Gasteiger partial charge in [0.05, 0.1) is 36.2 Å². The van der Waals surface area contributed by atoms with Crippen LogP contribution in [-0.4, -0.2) is 88.4 Å². The van der Waals surface area contributed by atoms with Gasteiger partial charge in [-0.3, -0.25) is 0 Å². The summed E-state index contributed by atoms with van der Waals surface area (Å²) in [5.41, 5.74) is 6.86. The lowest BCUT2D eigenvalue weighted by atomic mass is 9.87. The Morgan fingerprint density at radius 2 is 1.95 bits per heavy atom. The van der Waals surface area contributed by atoms with Crippen molar-refractivity contribution < 1.29 is 32.5 Å². The van der Waals surface area contributed by atoms with E-state index >= 15 is 0 Å². The molecular weight excluding hydrogens is 572 g/mol. The smallest absolute Gasteiger partial charge is 0.407 e. The van der Waals surface area contributed by atoms with Gasteiger partial charge in [0.25, 0.3) is 0 Å². The Hall–Kier alpha value is -2.74. The zero-order valence-electron chi connectivity index (χ0n) is 25.3. The van der Waals surface area contributed by atoms with Crippen molar-refractivity contribution in [3.63, 3.8) is 0 Å². The molecule has 2 fully saturated rings. The molecule has 1 amide bonds. The fourth-order valence-corrected chi connectivity index (χ4v) is 7.40. The molecule has 2 aliphatic rings. The first-order valence-corrected chi connectivity index (χ1v) is 16.4. The molecule has 2 aliphatic heterocycles. The van der Waals surface area contributed by atoms with Crippen molar-refractivity contribution in [3.8, 4) is 0 Å². The molecule has 2 aromatic carbocycles. The van der Waals surface area contributed by atoms with Crippen molar-refractivity contribution in [1.29, 1.82) is 0 Å². The van der Waals surface area contributed by atoms with E-state index < -0.39 is 39.8 Å². The number of nitrogens with two attached hydrogens (primary N) is 1. The molecule has 5 N–H and O–H groups in total. The van der Waals surface area contributed by atoms with Crippen molar-refractivity contribution in [1.82, 2.24) is 9.62 Å². The molecule has 0 spiro atoms. The Labute approximate surface area is 255 Å². The van der Waals surface area contributed by atoms with Crippen LogP contribution in [0.3, 0.4) is 0 Å². The van der Waals surface area contributed by atoms with Gasteiger partial charge >= 0.3 is 6.09 Å². The second-order valence-electron chi connectivity index (χ2n) is 12.1. The predicted molar refractivity (Wildman–Crippen MR) is 164 cm³/mol. The number of sulfonamides is 1. The zero-order chi connectivity index (χ0) is 31.0. The zero-order valence-corrected chi connectivity index (χ0v) is 26.1. The van der Waals surface area contributed by atoms with Gasteiger partial charge in [-0.05, 0) is 61.4 Å². The Balaban J connectivity index is 1.57. The van der Waals surface area contributed by atoms with E-state index in [1.165, 1.54) is 4.31 Å². The third kappa shape index (κ3) is 8.90. The third-order valence-electron chi connectivity index (χ3n) is 8.12. The van der Waals surface area contributed by atoms with Crippen LogP contribution in [0.15, 0.2) is 59.5 Å². The number of carbonyl (C=O) groups excluding carboxylic acids is 1. The highest BCUT2D eigenvalue weighted by Gasteiger charge is 2.44. The maximum absolute atomic E-state index is 14.1. The van der Waals surface area contributed by atoms with Gasteiger partial charge in [0, 0.05) is 25.8 Å². The van der Waals surface area contributed by atoms with Crippen LogP contribution in [0, 0.1) is 11.3 Å². The summed E-state index contributed by atoms with van der Waals surface area (Å²) in [6, 6.07) is 15.2. The Morgan fingerprint density at radius 3 is 2.67 bits per heavy atom. The van der Waals surface area contributed by atoms with Gasteiger partial charge in [0.15, 0.2) is 6.29 Å². The van der Waals surface area contributed by atoms with Gasteiger partial charge in [0.2, 0.25) is 10.0 Å². The predicted octanol–water partition coefficient (Wildman–Crippen LogP) is 2.94. The lowest BCUT2D eigenvalue weighted by Gasteiger charge is -2.35. The van der Waals surface area contributed by atoms with Gasteiger partial charge in [-0.1, -0.05) is 50.2 Å². The number of carbonyl (C=O) groups is 1. The maximum atomic E-state index is 14.1. The SMILES string of the molecule is CNc1cccc(S(=O)(=O)N(CC(O)C(Cc2ccccc2)NC(=O)OC2COC3OCCC23)CC(C)(C)CCCN)c1. The minimum absolute atomic E-state index is 0.0343. The summed E-state index contributed by atoms with van der Waals surface area (Å²) >= 11 is 0. The lowest BCUT2D eigenvalue weighted by Crippen LogP contribution is -2.52. The molecule has 2 saturated heterocycles. The first kappa shape index (κ1) is 33.2. The monoisotopic (exact) mass is 618 g/mol. The number of alkyl carbamates (subject to hydrolysis) is 1. The molecule has 5 atom stereocenters. The normalized spacial score (nSPS) is 21.8. The fourth-order valence-electron chi connectivity index (χ4n) is 5.70. The average molecular weight is 619 g/mol. The summed E-state index contributed by atoms with van der Waals surface area (Å²) in [7, 11) is -2.30. The molecule has 43 heavy (non-hydrogen) atoms. The second-order valence-corrected chi connectivity index (χ2v) is 14.0. The van der Waals surface area contributed by atoms with Crippen LogP contribution in [0.5, 0.6) is 0 Å². The molecule has 2 aromatic rings. The number of aliphatic hydroxyl groups excluding tert-OH is 1. The molecule has 238 valence electrons. The standard InChI is InChI=1S/C31H46N4O7S/c1-31(2,14-8-15-32)21-35(43(38,39)24-12-7-11-23(18-24)33-3)19-27(36)26(17-22-9-5-4-6-10-22)34-30(37)42-28-20-41-29-25(28)13-16-40-29/h4-7,9-12,18,25-29,33,36H,8,13-17,19-21,32H2,1-3H3,(H,34,37). The number of nitrogens with one attached hydrogen (secondary N) is 2. The van der Waals surface area contributed by atoms with E-state index in [-0.39, 0.29) is 43.2 Å². The minimum atomic E-state index is -4.02. The molecule has 0 aromatic heterocycles. The summed E-state index contributed by atoms with van der Waals surface area (Å²) in [5, 5.41) is 17.4. The largest absolute Gasteiger partial charge is 0.443 e. The van der Waals surface area contributed by atoms with Crippen molar-refractivity contribution in [2.45, 2.75) is 69.0 Å². The second kappa shape index (κ2) is 14.8. The molecule has 0 bridgehead atoms. The lowest BCUT2D eigenvalue weighted by molar-refractivity contribution is -0.0907. The molecule has 2 heterocycles. The number of hydrogen-bond acceptors (Lipinski definition) is 9. The van der Waals surface area contributed by atoms with Crippen molar-refractivity contribution in [2.24, 2.45) is 17.1 Å². The van der Waals surface area contributed by atoms with Crippen LogP contribution in [0.4, 0.5) is 10.5 Å². The van der Waals surface area contributed by atoms with Crippen LogP contribution >= 0.6 is 0 Å². The van der Waals surface area contributed by atoms with Crippen LogP contribution < -0.4 is 16.4 Å². The highest BCUT2D eigenvalue weighted by Crippen LogP contribution is 2.33. The molecule has 4 rings (SSSR count). The van der Waals surface area contributed by atoms with E-state index in [2.05, 4.69) is 10.6 Å². The Kier molecular flexibility index (Phi) is 11.4. The first-order chi connectivity index (χ1) is 20.5. The number of amides is 1. The third-order valence-corrected chi connectivity index (χ3v) is 9.93. The summed E-state index contributed by atoms with van der Waals surface area (Å²) in [4.78, 5) is 13.2. The van der Waals surface area contributed by atoms with Gasteiger partial charge in [0.1, 0.15) is 6.10 Å². The summed E-state index contributed by atoms with van der Waals surface area (Å²) < 4.78 is 46.3. The Morgan fingerprint density at radius 1 is 1.19 bits per heavy atom. The minimum Gasteiger partial charge on any atom is -0.443 e. The van der Waals surface area contributed by atoms with Gasteiger partial charge < -0.3 is 35.7 Å². The number of ether oxygens (including phenoxy) is 3. The number of nitrogens with zero attached hydrogens (tertiary/aromatic N) is 1. The number of aliphatic hydroxyl groups is 1. The summed E-state index contributed by atoms with van der Waals surface area (Å²) in [5.74, 6) is -0.0343. The van der Waals surface area contributed by atoms with Crippen LogP contribution in [0.1, 0.15) is 38.7 Å². The number of anilines is 1. The summed E-state index contributed by atoms with van der Waals surface area (Å²) in [6.07, 6.45) is -0.320. The van der Waals surface area contributed by atoms with E-state index in [9.17, 15) is 18.3 Å². The molecule has 5 unspecified atom stereocenters. The van der Waals surface area contributed by atoms with E-state index in [1.54, 1.807) is 31.3 Å². The van der Waals surface area contributed by atoms with Crippen molar-refractivity contribution in [2.75, 3.05) is 45.2 Å². The van der Waals surface area contributed by atoms with E-state index in [0.717, 1.165) is 18.4 Å². The van der Waals surface area contributed by atoms with Gasteiger partial charge in [-0.15, -0.1) is 0 Å². The highest BCUT2D eigenvalue weighted by molar-refractivity contribution is 7.89. The van der Waals surface area contributed by atoms with E-state index in [0.29, 0.717) is 25.3 Å². The number of benzene rings is 2. The average Bonchev–Trinajstić information content (AvgIpc) is 3.61. The molecular formula is C31H46N4O7S. The van der Waals surface area contributed by atoms with E-state index in [4.69, 9.17) is 19.9 Å². The molecule has 0 aliphatic carbocycles. The number of hydrogen-bond donors (Lipinski definition) is 4. The number of rotatable bonds is 15.